The Labute approximate surface area is 204 Å². The van der Waals surface area contributed by atoms with E-state index in [1.54, 1.807) is 12.5 Å². The molecule has 0 atom stereocenters. The van der Waals surface area contributed by atoms with Crippen molar-refractivity contribution < 1.29 is 4.79 Å². The largest absolute Gasteiger partial charge is 0.302 e. The van der Waals surface area contributed by atoms with Crippen LogP contribution in [0.1, 0.15) is 25.1 Å². The lowest BCUT2D eigenvalue weighted by atomic mass is 10.1. The summed E-state index contributed by atoms with van der Waals surface area (Å²) in [4.78, 5) is 29.6. The van der Waals surface area contributed by atoms with E-state index >= 15 is 0 Å². The summed E-state index contributed by atoms with van der Waals surface area (Å²) in [6, 6.07) is 16.4. The third-order valence-electron chi connectivity index (χ3n) is 5.90. The number of hydrogen-bond acceptors (Lipinski definition) is 7. The van der Waals surface area contributed by atoms with Crippen LogP contribution in [0.2, 0.25) is 0 Å². The Kier molecular flexibility index (Phi) is 5.18. The third kappa shape index (κ3) is 3.89. The number of aromatic nitrogens is 6. The summed E-state index contributed by atoms with van der Waals surface area (Å²) in [6.07, 6.45) is 4.19. The van der Waals surface area contributed by atoms with Gasteiger partial charge in [0.15, 0.2) is 10.8 Å². The molecule has 9 heteroatoms. The number of pyridine rings is 1. The second-order valence-corrected chi connectivity index (χ2v) is 9.32. The molecule has 0 saturated carbocycles. The molecular formula is C26H21N7OS. The van der Waals surface area contributed by atoms with Gasteiger partial charge in [-0.2, -0.15) is 5.10 Å². The topological polar surface area (TPSA) is 98.5 Å². The third-order valence-corrected chi connectivity index (χ3v) is 6.84. The van der Waals surface area contributed by atoms with Crippen LogP contribution in [0, 0.1) is 0 Å². The molecule has 2 aromatic carbocycles. The standard InChI is InChI=1S/C26H21N7OS/c1-3-20-18(10-16-6-4-5-7-21(16)30-20)13-33-25-19(12-27-14-28-25)24(32-33)17-8-9-22-23(11-17)35-26(31-22)29-15(2)34/h4-12,14H,3,13H2,1-2H3,(H,29,31,34). The van der Waals surface area contributed by atoms with Gasteiger partial charge in [0.2, 0.25) is 5.91 Å². The molecule has 6 rings (SSSR count). The molecule has 1 N–H and O–H groups in total. The molecule has 1 amide bonds. The Morgan fingerprint density at radius 1 is 1.09 bits per heavy atom. The fraction of sp³-hybridized carbons (Fsp3) is 0.154. The first-order valence-electron chi connectivity index (χ1n) is 11.3. The zero-order valence-corrected chi connectivity index (χ0v) is 20.0. The lowest BCUT2D eigenvalue weighted by Gasteiger charge is -2.10. The minimum atomic E-state index is -0.138. The van der Waals surface area contributed by atoms with E-state index in [1.807, 2.05) is 41.1 Å². The van der Waals surface area contributed by atoms with Gasteiger partial charge in [-0.3, -0.25) is 9.78 Å². The van der Waals surface area contributed by atoms with E-state index in [-0.39, 0.29) is 5.91 Å². The van der Waals surface area contributed by atoms with Crippen molar-refractivity contribution in [1.82, 2.24) is 29.7 Å². The SMILES string of the molecule is CCc1nc2ccccc2cc1Cn1nc(-c2ccc3nc(NC(C)=O)sc3c2)c2cncnc21. The minimum absolute atomic E-state index is 0.138. The number of anilines is 1. The van der Waals surface area contributed by atoms with Crippen LogP contribution in [-0.4, -0.2) is 35.6 Å². The van der Waals surface area contributed by atoms with Crippen molar-refractivity contribution in [2.24, 2.45) is 0 Å². The first kappa shape index (κ1) is 21.3. The van der Waals surface area contributed by atoms with Gasteiger partial charge in [0.1, 0.15) is 12.0 Å². The van der Waals surface area contributed by atoms with Crippen molar-refractivity contribution in [3.63, 3.8) is 0 Å². The molecule has 4 heterocycles. The van der Waals surface area contributed by atoms with Crippen molar-refractivity contribution >= 4 is 54.5 Å². The molecule has 0 aliphatic carbocycles. The summed E-state index contributed by atoms with van der Waals surface area (Å²) in [6.45, 7) is 4.16. The van der Waals surface area contributed by atoms with Crippen LogP contribution < -0.4 is 5.32 Å². The van der Waals surface area contributed by atoms with E-state index < -0.39 is 0 Å². The van der Waals surface area contributed by atoms with Gasteiger partial charge in [0.05, 0.1) is 27.7 Å². The Morgan fingerprint density at radius 3 is 2.83 bits per heavy atom. The van der Waals surface area contributed by atoms with Gasteiger partial charge in [-0.1, -0.05) is 42.5 Å². The van der Waals surface area contributed by atoms with Crippen LogP contribution in [0.15, 0.2) is 61.1 Å². The summed E-state index contributed by atoms with van der Waals surface area (Å²) < 4.78 is 2.90. The van der Waals surface area contributed by atoms with Crippen molar-refractivity contribution in [3.05, 3.63) is 72.3 Å². The molecule has 4 aromatic heterocycles. The minimum Gasteiger partial charge on any atom is -0.302 e. The van der Waals surface area contributed by atoms with Gasteiger partial charge < -0.3 is 5.32 Å². The number of nitrogens with one attached hydrogen (secondary N) is 1. The highest BCUT2D eigenvalue weighted by Crippen LogP contribution is 2.33. The molecule has 6 aromatic rings. The molecule has 35 heavy (non-hydrogen) atoms. The summed E-state index contributed by atoms with van der Waals surface area (Å²) in [5, 5.41) is 10.3. The predicted molar refractivity (Wildman–Crippen MR) is 138 cm³/mol. The van der Waals surface area contributed by atoms with Crippen molar-refractivity contribution in [1.29, 1.82) is 0 Å². The van der Waals surface area contributed by atoms with Crippen molar-refractivity contribution in [3.8, 4) is 11.3 Å². The summed E-state index contributed by atoms with van der Waals surface area (Å²) in [5.41, 5.74) is 6.53. The molecular weight excluding hydrogens is 458 g/mol. The van der Waals surface area contributed by atoms with Crippen LogP contribution in [-0.2, 0) is 17.8 Å². The average molecular weight is 480 g/mol. The maximum Gasteiger partial charge on any atom is 0.223 e. The van der Waals surface area contributed by atoms with E-state index in [0.29, 0.717) is 11.7 Å². The van der Waals surface area contributed by atoms with E-state index in [2.05, 4.69) is 39.3 Å². The Balaban J connectivity index is 1.45. The van der Waals surface area contributed by atoms with Gasteiger partial charge in [0.25, 0.3) is 0 Å². The number of nitrogens with zero attached hydrogens (tertiary/aromatic N) is 6. The number of fused-ring (bicyclic) bond motifs is 3. The summed E-state index contributed by atoms with van der Waals surface area (Å²) in [5.74, 6) is -0.138. The van der Waals surface area contributed by atoms with Gasteiger partial charge in [0, 0.05) is 29.8 Å². The lowest BCUT2D eigenvalue weighted by molar-refractivity contribution is -0.114. The quantitative estimate of drug-likeness (QED) is 0.364. The molecule has 0 aliphatic rings. The van der Waals surface area contributed by atoms with E-state index in [4.69, 9.17) is 10.1 Å². The number of benzene rings is 2. The number of amides is 1. The van der Waals surface area contributed by atoms with Crippen LogP contribution in [0.5, 0.6) is 0 Å². The fourth-order valence-electron chi connectivity index (χ4n) is 4.32. The van der Waals surface area contributed by atoms with Crippen molar-refractivity contribution in [2.45, 2.75) is 26.8 Å². The molecule has 0 fully saturated rings. The number of rotatable bonds is 5. The van der Waals surface area contributed by atoms with Crippen LogP contribution >= 0.6 is 11.3 Å². The molecule has 0 aliphatic heterocycles. The van der Waals surface area contributed by atoms with Gasteiger partial charge in [-0.25, -0.2) is 19.6 Å². The number of carbonyl (C=O) groups is 1. The molecule has 0 bridgehead atoms. The number of para-hydroxylation sites is 1. The maximum absolute atomic E-state index is 11.4. The zero-order valence-electron chi connectivity index (χ0n) is 19.2. The average Bonchev–Trinajstić information content (AvgIpc) is 3.43. The van der Waals surface area contributed by atoms with Gasteiger partial charge in [-0.05, 0) is 36.2 Å². The fourth-order valence-corrected chi connectivity index (χ4v) is 5.27. The second-order valence-electron chi connectivity index (χ2n) is 8.29. The van der Waals surface area contributed by atoms with E-state index in [9.17, 15) is 4.79 Å². The smallest absolute Gasteiger partial charge is 0.223 e. The Morgan fingerprint density at radius 2 is 1.97 bits per heavy atom. The monoisotopic (exact) mass is 479 g/mol. The number of thiazole rings is 1. The number of aryl methyl sites for hydroxylation is 1. The lowest BCUT2D eigenvalue weighted by Crippen LogP contribution is -2.07. The zero-order chi connectivity index (χ0) is 23.9. The summed E-state index contributed by atoms with van der Waals surface area (Å²) >= 11 is 1.44. The maximum atomic E-state index is 11.4. The molecule has 0 saturated heterocycles. The molecule has 0 unspecified atom stereocenters. The van der Waals surface area contributed by atoms with E-state index in [1.165, 1.54) is 18.3 Å². The normalized spacial score (nSPS) is 11.5. The summed E-state index contributed by atoms with van der Waals surface area (Å²) in [7, 11) is 0. The number of hydrogen-bond donors (Lipinski definition) is 1. The van der Waals surface area contributed by atoms with Gasteiger partial charge in [-0.15, -0.1) is 0 Å². The highest BCUT2D eigenvalue weighted by molar-refractivity contribution is 7.22. The highest BCUT2D eigenvalue weighted by atomic mass is 32.1. The van der Waals surface area contributed by atoms with Gasteiger partial charge >= 0.3 is 0 Å². The highest BCUT2D eigenvalue weighted by Gasteiger charge is 2.17. The molecule has 8 nitrogen and oxygen atoms in total. The second kappa shape index (κ2) is 8.52. The molecule has 0 spiro atoms. The van der Waals surface area contributed by atoms with Crippen LogP contribution in [0.3, 0.4) is 0 Å². The van der Waals surface area contributed by atoms with E-state index in [0.717, 1.165) is 61.1 Å². The van der Waals surface area contributed by atoms with Crippen molar-refractivity contribution in [2.75, 3.05) is 5.32 Å². The number of carbonyl (C=O) groups excluding carboxylic acids is 1. The first-order chi connectivity index (χ1) is 17.1. The Bertz CT molecular complexity index is 1740. The predicted octanol–water partition coefficient (Wildman–Crippen LogP) is 5.22. The van der Waals surface area contributed by atoms with Crippen LogP contribution in [0.4, 0.5) is 5.13 Å². The van der Waals surface area contributed by atoms with Crippen LogP contribution in [0.25, 0.3) is 43.4 Å². The first-order valence-corrected chi connectivity index (χ1v) is 12.1. The molecule has 172 valence electrons. The Hall–Kier alpha value is -4.24. The molecule has 0 radical (unpaired) electrons.